The van der Waals surface area contributed by atoms with Gasteiger partial charge in [-0.3, -0.25) is 0 Å². The lowest BCUT2D eigenvalue weighted by Crippen LogP contribution is -2.46. The summed E-state index contributed by atoms with van der Waals surface area (Å²) in [4.78, 5) is 13.7. The number of halogens is 1. The van der Waals surface area contributed by atoms with Gasteiger partial charge in [-0.15, -0.1) is 0 Å². The highest BCUT2D eigenvalue weighted by Crippen LogP contribution is 2.47. The van der Waals surface area contributed by atoms with Gasteiger partial charge in [0.25, 0.3) is 0 Å². The minimum atomic E-state index is 0.914. The molecule has 2 aliphatic heterocycles. The van der Waals surface area contributed by atoms with Gasteiger partial charge < -0.3 is 14.8 Å². The van der Waals surface area contributed by atoms with Crippen LogP contribution >= 0.6 is 15.9 Å². The van der Waals surface area contributed by atoms with E-state index in [1.54, 1.807) is 0 Å². The van der Waals surface area contributed by atoms with Crippen molar-refractivity contribution >= 4 is 38.1 Å². The lowest BCUT2D eigenvalue weighted by molar-refractivity contribution is 0.651. The molecule has 1 aromatic heterocycles. The quantitative estimate of drug-likeness (QED) is 0.271. The molecule has 0 saturated carbocycles. The van der Waals surface area contributed by atoms with E-state index in [2.05, 4.69) is 104 Å². The first-order valence-corrected chi connectivity index (χ1v) is 12.1. The third kappa shape index (κ3) is 2.43. The first-order chi connectivity index (χ1) is 16.2. The molecule has 1 aliphatic carbocycles. The van der Waals surface area contributed by atoms with Crippen molar-refractivity contribution in [3.63, 3.8) is 0 Å². The van der Waals surface area contributed by atoms with Gasteiger partial charge in [0, 0.05) is 51.0 Å². The summed E-state index contributed by atoms with van der Waals surface area (Å²) in [7, 11) is 0. The minimum absolute atomic E-state index is 0.914. The van der Waals surface area contributed by atoms with Crippen molar-refractivity contribution in [3.05, 3.63) is 88.4 Å². The van der Waals surface area contributed by atoms with E-state index < -0.39 is 0 Å². The number of fused-ring (bicyclic) bond motifs is 9. The van der Waals surface area contributed by atoms with Crippen molar-refractivity contribution < 1.29 is 0 Å². The maximum atomic E-state index is 5.08. The zero-order valence-electron chi connectivity index (χ0n) is 17.8. The van der Waals surface area contributed by atoms with Crippen molar-refractivity contribution in [2.75, 3.05) is 16.5 Å². The third-order valence-corrected chi connectivity index (χ3v) is 7.77. The molecule has 3 heterocycles. The van der Waals surface area contributed by atoms with Crippen molar-refractivity contribution in [1.29, 1.82) is 0 Å². The Morgan fingerprint density at radius 2 is 1.52 bits per heavy atom. The molecule has 0 atom stereocenters. The van der Waals surface area contributed by atoms with Crippen LogP contribution in [0.2, 0.25) is 0 Å². The highest BCUT2D eigenvalue weighted by Gasteiger charge is 2.30. The first-order valence-electron chi connectivity index (χ1n) is 11.3. The molecule has 0 radical (unpaired) electrons. The Morgan fingerprint density at radius 3 is 2.33 bits per heavy atom. The number of hydrogen-bond donors (Lipinski definition) is 1. The highest BCUT2D eigenvalue weighted by atomic mass is 79.9. The van der Waals surface area contributed by atoms with Gasteiger partial charge in [0.15, 0.2) is 0 Å². The topological polar surface area (TPSA) is 35.2 Å². The van der Waals surface area contributed by atoms with Gasteiger partial charge in [-0.1, -0.05) is 52.3 Å². The number of hydrogen-bond acceptors (Lipinski definition) is 3. The van der Waals surface area contributed by atoms with Gasteiger partial charge in [-0.2, -0.15) is 0 Å². The van der Waals surface area contributed by atoms with Crippen molar-refractivity contribution in [2.24, 2.45) is 0 Å². The number of aromatic amines is 1. The summed E-state index contributed by atoms with van der Waals surface area (Å²) < 4.78 is 1.14. The van der Waals surface area contributed by atoms with Gasteiger partial charge in [-0.25, -0.2) is 4.98 Å². The summed E-state index contributed by atoms with van der Waals surface area (Å²) in [5.74, 6) is 0.944. The van der Waals surface area contributed by atoms with Gasteiger partial charge in [0.05, 0.1) is 18.1 Å². The summed E-state index contributed by atoms with van der Waals surface area (Å²) in [6.45, 7) is 2.79. The van der Waals surface area contributed by atoms with Crippen LogP contribution in [0.5, 0.6) is 0 Å². The fourth-order valence-corrected chi connectivity index (χ4v) is 6.25. The second-order valence-corrected chi connectivity index (χ2v) is 10.1. The van der Waals surface area contributed by atoms with Crippen LogP contribution in [0.25, 0.3) is 44.7 Å². The summed E-state index contributed by atoms with van der Waals surface area (Å²) in [6, 6.07) is 26.4. The fourth-order valence-electron chi connectivity index (χ4n) is 5.84. The number of H-pyrrole nitrogens is 1. The number of nitrogens with one attached hydrogen (secondary N) is 1. The molecule has 2 bridgehead atoms. The molecule has 4 aromatic carbocycles. The Labute approximate surface area is 199 Å². The average Bonchev–Trinajstić information content (AvgIpc) is 3.39. The van der Waals surface area contributed by atoms with E-state index in [-0.39, 0.29) is 0 Å². The monoisotopic (exact) mass is 490 g/mol. The molecule has 5 aromatic rings. The SMILES string of the molecule is Brc1ccc2c(c1)CN1CN2Cc2cc(-c3nc4c([nH]3)-c3cccc5cccc-4c35)ccc21. The number of rotatable bonds is 1. The number of imidazole rings is 1. The molecule has 8 rings (SSSR count). The van der Waals surface area contributed by atoms with E-state index in [0.717, 1.165) is 47.0 Å². The van der Waals surface area contributed by atoms with E-state index in [1.165, 1.54) is 44.4 Å². The van der Waals surface area contributed by atoms with E-state index in [9.17, 15) is 0 Å². The van der Waals surface area contributed by atoms with Crippen LogP contribution in [0.15, 0.2) is 77.3 Å². The van der Waals surface area contributed by atoms with E-state index in [4.69, 9.17) is 4.98 Å². The molecule has 0 amide bonds. The van der Waals surface area contributed by atoms with Gasteiger partial charge >= 0.3 is 0 Å². The summed E-state index contributed by atoms with van der Waals surface area (Å²) in [5, 5.41) is 2.58. The van der Waals surface area contributed by atoms with Gasteiger partial charge in [0.2, 0.25) is 0 Å². The molecule has 3 aliphatic rings. The maximum absolute atomic E-state index is 5.08. The van der Waals surface area contributed by atoms with E-state index >= 15 is 0 Å². The molecule has 0 spiro atoms. The van der Waals surface area contributed by atoms with Crippen LogP contribution < -0.4 is 9.80 Å². The van der Waals surface area contributed by atoms with Crippen LogP contribution in [0, 0.1) is 0 Å². The summed E-state index contributed by atoms with van der Waals surface area (Å²) in [6.07, 6.45) is 0. The molecule has 158 valence electrons. The Balaban J connectivity index is 1.21. The van der Waals surface area contributed by atoms with Crippen LogP contribution in [0.4, 0.5) is 11.4 Å². The maximum Gasteiger partial charge on any atom is 0.138 e. The molecular weight excluding hydrogens is 472 g/mol. The molecule has 0 unspecified atom stereocenters. The largest absolute Gasteiger partial charge is 0.349 e. The van der Waals surface area contributed by atoms with Crippen LogP contribution in [-0.2, 0) is 13.1 Å². The molecule has 0 saturated heterocycles. The lowest BCUT2D eigenvalue weighted by atomic mass is 10.00. The molecule has 0 fully saturated rings. The van der Waals surface area contributed by atoms with Crippen LogP contribution in [0.1, 0.15) is 11.1 Å². The Kier molecular flexibility index (Phi) is 3.40. The smallest absolute Gasteiger partial charge is 0.138 e. The predicted molar refractivity (Wildman–Crippen MR) is 137 cm³/mol. The van der Waals surface area contributed by atoms with Crippen molar-refractivity contribution in [3.8, 4) is 33.9 Å². The molecule has 33 heavy (non-hydrogen) atoms. The molecular formula is C28H19BrN4. The Bertz CT molecular complexity index is 1580. The standard InChI is InChI=1S/C28H19BrN4/c29-20-8-10-24-19(12-20)14-33-15-32(24)13-18-11-17(7-9-23(18)33)28-30-26-21-5-1-3-16-4-2-6-22(25(16)21)27(26)31-28/h1-12H,13-15H2,(H,30,31). The Hall–Kier alpha value is -3.57. The fraction of sp³-hybridized carbons (Fsp3) is 0.107. The van der Waals surface area contributed by atoms with Crippen LogP contribution in [-0.4, -0.2) is 16.6 Å². The third-order valence-electron chi connectivity index (χ3n) is 7.27. The zero-order chi connectivity index (χ0) is 21.7. The number of anilines is 2. The van der Waals surface area contributed by atoms with Crippen LogP contribution in [0.3, 0.4) is 0 Å². The predicted octanol–water partition coefficient (Wildman–Crippen LogP) is 6.94. The van der Waals surface area contributed by atoms with Crippen molar-refractivity contribution in [2.45, 2.75) is 13.1 Å². The van der Waals surface area contributed by atoms with Crippen molar-refractivity contribution in [1.82, 2.24) is 9.97 Å². The second kappa shape index (κ2) is 6.27. The minimum Gasteiger partial charge on any atom is -0.349 e. The second-order valence-electron chi connectivity index (χ2n) is 9.17. The lowest BCUT2D eigenvalue weighted by Gasteiger charge is -2.45. The summed E-state index contributed by atoms with van der Waals surface area (Å²) >= 11 is 3.63. The zero-order valence-corrected chi connectivity index (χ0v) is 19.4. The average molecular weight is 491 g/mol. The van der Waals surface area contributed by atoms with E-state index in [1.807, 2.05) is 0 Å². The van der Waals surface area contributed by atoms with Gasteiger partial charge in [-0.05, 0) is 52.9 Å². The number of aromatic nitrogens is 2. The Morgan fingerprint density at radius 1 is 0.788 bits per heavy atom. The normalized spacial score (nSPS) is 14.9. The first kappa shape index (κ1) is 17.9. The van der Waals surface area contributed by atoms with Gasteiger partial charge in [0.1, 0.15) is 5.82 Å². The molecule has 1 N–H and O–H groups in total. The number of benzene rings is 4. The number of nitrogens with zero attached hydrogens (tertiary/aromatic N) is 3. The van der Waals surface area contributed by atoms with E-state index in [0.29, 0.717) is 0 Å². The molecule has 5 heteroatoms. The summed E-state index contributed by atoms with van der Waals surface area (Å²) in [5.41, 5.74) is 11.2. The molecule has 4 nitrogen and oxygen atoms in total. The highest BCUT2D eigenvalue weighted by molar-refractivity contribution is 9.10.